The lowest BCUT2D eigenvalue weighted by Crippen LogP contribution is -2.22. The molecule has 9 heteroatoms. The smallest absolute Gasteiger partial charge is 0.274 e. The maximum Gasteiger partial charge on any atom is 0.274 e. The molecule has 3 aromatic rings. The van der Waals surface area contributed by atoms with E-state index >= 15 is 0 Å². The van der Waals surface area contributed by atoms with Crippen LogP contribution in [-0.2, 0) is 11.5 Å². The van der Waals surface area contributed by atoms with E-state index in [1.54, 1.807) is 13.3 Å². The van der Waals surface area contributed by atoms with Gasteiger partial charge in [-0.05, 0) is 53.0 Å². The number of hydrogen-bond donors (Lipinski definition) is 1. The number of aromatic nitrogens is 3. The standard InChI is InChI=1S/C22H28BrN3O4Si/c1-28-17-8-5-14(11-18(17)30-15-6-7-15)21-20(23)19-16(12-24-25-22(19)27)26(21)13-29-9-10-31(2,3)4/h5,8,11-12,15H,6-7,9-10,13H2,1-4H3,(H,25,27). The third-order valence-electron chi connectivity index (χ3n) is 5.30. The maximum absolute atomic E-state index is 12.5. The van der Waals surface area contributed by atoms with Gasteiger partial charge in [0.25, 0.3) is 5.56 Å². The molecule has 0 atom stereocenters. The van der Waals surface area contributed by atoms with Crippen molar-refractivity contribution in [2.45, 2.75) is 51.4 Å². The molecule has 0 bridgehead atoms. The highest BCUT2D eigenvalue weighted by molar-refractivity contribution is 9.10. The van der Waals surface area contributed by atoms with Crippen LogP contribution in [0.4, 0.5) is 0 Å². The second kappa shape index (κ2) is 8.80. The van der Waals surface area contributed by atoms with E-state index < -0.39 is 8.07 Å². The number of aromatic amines is 1. The van der Waals surface area contributed by atoms with Gasteiger partial charge in [0.15, 0.2) is 11.5 Å². The number of benzene rings is 1. The molecule has 7 nitrogen and oxygen atoms in total. The summed E-state index contributed by atoms with van der Waals surface area (Å²) < 4.78 is 20.3. The van der Waals surface area contributed by atoms with Gasteiger partial charge in [-0.15, -0.1) is 0 Å². The summed E-state index contributed by atoms with van der Waals surface area (Å²) in [5.41, 5.74) is 2.24. The second-order valence-electron chi connectivity index (χ2n) is 9.08. The molecule has 31 heavy (non-hydrogen) atoms. The molecule has 0 spiro atoms. The van der Waals surface area contributed by atoms with Crippen molar-refractivity contribution in [1.82, 2.24) is 14.8 Å². The molecule has 0 saturated heterocycles. The van der Waals surface area contributed by atoms with Crippen LogP contribution < -0.4 is 15.0 Å². The first kappa shape index (κ1) is 22.1. The topological polar surface area (TPSA) is 78.4 Å². The van der Waals surface area contributed by atoms with E-state index in [4.69, 9.17) is 14.2 Å². The van der Waals surface area contributed by atoms with Gasteiger partial charge in [0.05, 0.1) is 40.5 Å². The average molecular weight is 506 g/mol. The van der Waals surface area contributed by atoms with Crippen molar-refractivity contribution in [1.29, 1.82) is 0 Å². The minimum Gasteiger partial charge on any atom is -0.493 e. The summed E-state index contributed by atoms with van der Waals surface area (Å²) in [5.74, 6) is 1.40. The monoisotopic (exact) mass is 505 g/mol. The number of methoxy groups -OCH3 is 1. The molecule has 166 valence electrons. The number of H-pyrrole nitrogens is 1. The first-order valence-corrected chi connectivity index (χ1v) is 15.0. The van der Waals surface area contributed by atoms with E-state index in [1.165, 1.54) is 0 Å². The number of hydrogen-bond acceptors (Lipinski definition) is 5. The highest BCUT2D eigenvalue weighted by Crippen LogP contribution is 2.41. The van der Waals surface area contributed by atoms with Gasteiger partial charge < -0.3 is 18.8 Å². The molecule has 1 aliphatic carbocycles. The molecule has 0 radical (unpaired) electrons. The fourth-order valence-electron chi connectivity index (χ4n) is 3.40. The fraction of sp³-hybridized carbons (Fsp3) is 0.455. The number of fused-ring (bicyclic) bond motifs is 1. The fourth-order valence-corrected chi connectivity index (χ4v) is 4.98. The number of nitrogens with one attached hydrogen (secondary N) is 1. The highest BCUT2D eigenvalue weighted by Gasteiger charge is 2.26. The SMILES string of the molecule is COc1ccc(-c2c(Br)c3c(=O)[nH]ncc3n2COCC[Si](C)(C)C)cc1OC1CC1. The van der Waals surface area contributed by atoms with Gasteiger partial charge in [0, 0.05) is 20.2 Å². The van der Waals surface area contributed by atoms with Gasteiger partial charge in [-0.1, -0.05) is 19.6 Å². The van der Waals surface area contributed by atoms with Crippen LogP contribution in [-0.4, -0.2) is 42.7 Å². The van der Waals surface area contributed by atoms with Crippen LogP contribution in [0.3, 0.4) is 0 Å². The first-order chi connectivity index (χ1) is 14.8. The van der Waals surface area contributed by atoms with Crippen molar-refractivity contribution in [3.63, 3.8) is 0 Å². The predicted molar refractivity (Wildman–Crippen MR) is 128 cm³/mol. The molecular formula is C22H28BrN3O4Si. The van der Waals surface area contributed by atoms with Crippen molar-refractivity contribution < 1.29 is 14.2 Å². The molecule has 0 amide bonds. The molecule has 2 aromatic heterocycles. The summed E-state index contributed by atoms with van der Waals surface area (Å²) in [5, 5.41) is 7.09. The zero-order valence-electron chi connectivity index (χ0n) is 18.3. The number of ether oxygens (including phenoxy) is 3. The van der Waals surface area contributed by atoms with Crippen molar-refractivity contribution in [3.8, 4) is 22.8 Å². The summed E-state index contributed by atoms with van der Waals surface area (Å²) >= 11 is 3.66. The Balaban J connectivity index is 1.76. The van der Waals surface area contributed by atoms with Gasteiger partial charge >= 0.3 is 0 Å². The molecule has 1 aliphatic rings. The first-order valence-electron chi connectivity index (χ1n) is 10.5. The van der Waals surface area contributed by atoms with E-state index in [0.29, 0.717) is 34.7 Å². The van der Waals surface area contributed by atoms with Gasteiger partial charge in [0.2, 0.25) is 0 Å². The summed E-state index contributed by atoms with van der Waals surface area (Å²) in [6.45, 7) is 7.99. The Labute approximate surface area is 190 Å². The number of nitrogens with zero attached hydrogens (tertiary/aromatic N) is 2. The van der Waals surface area contributed by atoms with Gasteiger partial charge in [-0.3, -0.25) is 4.79 Å². The third-order valence-corrected chi connectivity index (χ3v) is 7.77. The minimum atomic E-state index is -1.20. The van der Waals surface area contributed by atoms with Crippen molar-refractivity contribution in [3.05, 3.63) is 39.2 Å². The van der Waals surface area contributed by atoms with Crippen LogP contribution in [0.25, 0.3) is 22.2 Å². The van der Waals surface area contributed by atoms with Crippen molar-refractivity contribution in [2.75, 3.05) is 13.7 Å². The Morgan fingerprint density at radius 3 is 2.71 bits per heavy atom. The maximum atomic E-state index is 12.5. The molecule has 4 rings (SSSR count). The third kappa shape index (κ3) is 4.88. The average Bonchev–Trinajstić information content (AvgIpc) is 3.48. The molecule has 1 aromatic carbocycles. The van der Waals surface area contributed by atoms with Crippen LogP contribution in [0, 0.1) is 0 Å². The van der Waals surface area contributed by atoms with E-state index in [9.17, 15) is 4.79 Å². The zero-order valence-corrected chi connectivity index (χ0v) is 20.9. The van der Waals surface area contributed by atoms with Gasteiger partial charge in [-0.2, -0.15) is 5.10 Å². The van der Waals surface area contributed by atoms with E-state index in [-0.39, 0.29) is 11.7 Å². The highest BCUT2D eigenvalue weighted by atomic mass is 79.9. The van der Waals surface area contributed by atoms with E-state index in [1.807, 2.05) is 22.8 Å². The van der Waals surface area contributed by atoms with Crippen LogP contribution >= 0.6 is 15.9 Å². The number of halogens is 1. The van der Waals surface area contributed by atoms with Crippen molar-refractivity contribution in [2.24, 2.45) is 0 Å². The Kier molecular flexibility index (Phi) is 6.27. The Morgan fingerprint density at radius 1 is 1.26 bits per heavy atom. The molecule has 0 unspecified atom stereocenters. The Morgan fingerprint density at radius 2 is 2.03 bits per heavy atom. The van der Waals surface area contributed by atoms with Crippen molar-refractivity contribution >= 4 is 34.9 Å². The second-order valence-corrected chi connectivity index (χ2v) is 15.5. The zero-order chi connectivity index (χ0) is 22.2. The summed E-state index contributed by atoms with van der Waals surface area (Å²) in [6, 6.07) is 6.91. The van der Waals surface area contributed by atoms with Gasteiger partial charge in [-0.25, -0.2) is 5.10 Å². The lowest BCUT2D eigenvalue weighted by Gasteiger charge is -2.17. The lowest BCUT2D eigenvalue weighted by molar-refractivity contribution is 0.0912. The summed E-state index contributed by atoms with van der Waals surface area (Å²) in [7, 11) is 0.439. The Hall–Kier alpha value is -2.10. The van der Waals surface area contributed by atoms with E-state index in [0.717, 1.165) is 35.7 Å². The van der Waals surface area contributed by atoms with Gasteiger partial charge in [0.1, 0.15) is 6.73 Å². The molecule has 1 fully saturated rings. The molecule has 1 N–H and O–H groups in total. The molecule has 2 heterocycles. The van der Waals surface area contributed by atoms with Crippen LogP contribution in [0.15, 0.2) is 33.7 Å². The normalized spacial score (nSPS) is 14.2. The predicted octanol–water partition coefficient (Wildman–Crippen LogP) is 5.02. The Bertz CT molecular complexity index is 1150. The number of rotatable bonds is 9. The lowest BCUT2D eigenvalue weighted by atomic mass is 10.1. The van der Waals surface area contributed by atoms with Crippen LogP contribution in [0.2, 0.25) is 25.7 Å². The van der Waals surface area contributed by atoms with E-state index in [2.05, 4.69) is 45.8 Å². The summed E-state index contributed by atoms with van der Waals surface area (Å²) in [4.78, 5) is 12.5. The van der Waals surface area contributed by atoms with Crippen LogP contribution in [0.1, 0.15) is 12.8 Å². The van der Waals surface area contributed by atoms with Crippen LogP contribution in [0.5, 0.6) is 11.5 Å². The summed E-state index contributed by atoms with van der Waals surface area (Å²) in [6.07, 6.45) is 4.03. The molecule has 1 saturated carbocycles. The molecular weight excluding hydrogens is 478 g/mol. The minimum absolute atomic E-state index is 0.241. The largest absolute Gasteiger partial charge is 0.493 e. The molecule has 0 aliphatic heterocycles. The quantitative estimate of drug-likeness (QED) is 0.326.